The summed E-state index contributed by atoms with van der Waals surface area (Å²) in [4.78, 5) is 10.0. The van der Waals surface area contributed by atoms with E-state index in [1.54, 1.807) is 0 Å². The molecule has 11 rings (SSSR count). The van der Waals surface area contributed by atoms with Crippen molar-refractivity contribution in [3.63, 3.8) is 0 Å². The average molecular weight is 644 g/mol. The summed E-state index contributed by atoms with van der Waals surface area (Å²) in [5.74, 6) is 0. The van der Waals surface area contributed by atoms with E-state index in [4.69, 9.17) is 14.4 Å². The van der Waals surface area contributed by atoms with Gasteiger partial charge in [0.15, 0.2) is 0 Å². The second-order valence-electron chi connectivity index (χ2n) is 12.6. The average Bonchev–Trinajstić information content (AvgIpc) is 3.84. The lowest BCUT2D eigenvalue weighted by Crippen LogP contribution is -1.92. The van der Waals surface area contributed by atoms with Crippen LogP contribution in [0.4, 0.5) is 0 Å². The fourth-order valence-corrected chi connectivity index (χ4v) is 8.77. The van der Waals surface area contributed by atoms with Crippen molar-refractivity contribution in [2.24, 2.45) is 0 Å². The van der Waals surface area contributed by atoms with E-state index >= 15 is 0 Å². The minimum absolute atomic E-state index is 0.559. The van der Waals surface area contributed by atoms with Crippen LogP contribution in [-0.4, -0.2) is 14.5 Å². The first-order valence-corrected chi connectivity index (χ1v) is 17.2. The zero-order valence-electron chi connectivity index (χ0n) is 26.1. The Kier molecular flexibility index (Phi) is 5.51. The number of thiophene rings is 1. The molecule has 0 spiro atoms. The van der Waals surface area contributed by atoms with E-state index in [1.165, 1.54) is 53.1 Å². The number of hydrogen-bond donors (Lipinski definition) is 0. The molecule has 0 aliphatic rings. The van der Waals surface area contributed by atoms with E-state index < -0.39 is 0 Å². The Morgan fingerprint density at radius 2 is 1.33 bits per heavy atom. The number of furan rings is 1. The van der Waals surface area contributed by atoms with Gasteiger partial charge in [0, 0.05) is 42.2 Å². The summed E-state index contributed by atoms with van der Waals surface area (Å²) in [5.41, 5.74) is 9.98. The summed E-state index contributed by atoms with van der Waals surface area (Å²) in [6.45, 7) is 0. The lowest BCUT2D eigenvalue weighted by atomic mass is 9.98. The molecule has 0 radical (unpaired) electrons. The molecule has 0 bridgehead atoms. The first kappa shape index (κ1) is 26.7. The number of nitrogens with zero attached hydrogens (tertiary/aromatic N) is 3. The van der Waals surface area contributed by atoms with Gasteiger partial charge in [-0.1, -0.05) is 91.0 Å². The van der Waals surface area contributed by atoms with Gasteiger partial charge in [-0.3, -0.25) is 0 Å². The molecule has 0 unspecified atom stereocenters. The third-order valence-corrected chi connectivity index (χ3v) is 11.0. The van der Waals surface area contributed by atoms with Crippen LogP contribution < -0.4 is 0 Å². The molecule has 0 aliphatic carbocycles. The van der Waals surface area contributed by atoms with E-state index in [1.807, 2.05) is 23.6 Å². The van der Waals surface area contributed by atoms with E-state index in [9.17, 15) is 0 Å². The monoisotopic (exact) mass is 643 g/mol. The Morgan fingerprint density at radius 3 is 2.24 bits per heavy atom. The SMILES string of the molecule is c1ccc(-n2c3ccccc3c3cc(-c4ccc5sc6cccc(-c7cnc8c(n7)oc7ccc9ccccc9c78)c6c5c4)ccc32)cc1. The van der Waals surface area contributed by atoms with Gasteiger partial charge in [0.05, 0.1) is 28.3 Å². The molecule has 4 heterocycles. The maximum absolute atomic E-state index is 6.30. The number of para-hydroxylation sites is 2. The van der Waals surface area contributed by atoms with Crippen LogP contribution in [0.15, 0.2) is 156 Å². The van der Waals surface area contributed by atoms with Gasteiger partial charge < -0.3 is 8.98 Å². The van der Waals surface area contributed by atoms with Gasteiger partial charge in [-0.25, -0.2) is 9.97 Å². The van der Waals surface area contributed by atoms with Crippen molar-refractivity contribution >= 4 is 86.3 Å². The number of hydrogen-bond acceptors (Lipinski definition) is 4. The van der Waals surface area contributed by atoms with Gasteiger partial charge in [-0.05, 0) is 76.5 Å². The van der Waals surface area contributed by atoms with Crippen molar-refractivity contribution in [1.82, 2.24) is 14.5 Å². The zero-order valence-corrected chi connectivity index (χ0v) is 26.9. The largest absolute Gasteiger partial charge is 0.436 e. The van der Waals surface area contributed by atoms with Crippen LogP contribution in [0.25, 0.3) is 103 Å². The van der Waals surface area contributed by atoms with Gasteiger partial charge in [0.2, 0.25) is 5.71 Å². The van der Waals surface area contributed by atoms with Gasteiger partial charge in [0.1, 0.15) is 11.1 Å². The molecule has 4 nitrogen and oxygen atoms in total. The quantitative estimate of drug-likeness (QED) is 0.192. The number of fused-ring (bicyclic) bond motifs is 11. The van der Waals surface area contributed by atoms with Crippen molar-refractivity contribution in [3.05, 3.63) is 152 Å². The van der Waals surface area contributed by atoms with Gasteiger partial charge >= 0.3 is 0 Å². The highest BCUT2D eigenvalue weighted by Crippen LogP contribution is 2.43. The van der Waals surface area contributed by atoms with Crippen LogP contribution in [0.3, 0.4) is 0 Å². The summed E-state index contributed by atoms with van der Waals surface area (Å²) in [7, 11) is 0. The van der Waals surface area contributed by atoms with E-state index in [0.717, 1.165) is 44.2 Å². The molecule has 7 aromatic carbocycles. The highest BCUT2D eigenvalue weighted by Gasteiger charge is 2.18. The number of aromatic nitrogens is 3. The fraction of sp³-hybridized carbons (Fsp3) is 0. The Hall–Kier alpha value is -6.30. The van der Waals surface area contributed by atoms with Crippen LogP contribution >= 0.6 is 11.3 Å². The third-order valence-electron chi connectivity index (χ3n) is 9.87. The topological polar surface area (TPSA) is 43.9 Å². The molecule has 0 atom stereocenters. The van der Waals surface area contributed by atoms with Crippen LogP contribution in [0.1, 0.15) is 0 Å². The first-order chi connectivity index (χ1) is 24.3. The molecule has 4 aromatic heterocycles. The Balaban J connectivity index is 1.09. The van der Waals surface area contributed by atoms with E-state index in [0.29, 0.717) is 5.71 Å². The van der Waals surface area contributed by atoms with E-state index in [2.05, 4.69) is 144 Å². The fourth-order valence-electron chi connectivity index (χ4n) is 7.66. The maximum Gasteiger partial charge on any atom is 0.246 e. The van der Waals surface area contributed by atoms with Crippen LogP contribution in [0.5, 0.6) is 0 Å². The van der Waals surface area contributed by atoms with Crippen LogP contribution in [0.2, 0.25) is 0 Å². The molecule has 0 aliphatic heterocycles. The van der Waals surface area contributed by atoms with Gasteiger partial charge in [-0.15, -0.1) is 11.3 Å². The van der Waals surface area contributed by atoms with Crippen molar-refractivity contribution in [2.75, 3.05) is 0 Å². The van der Waals surface area contributed by atoms with Crippen molar-refractivity contribution in [1.29, 1.82) is 0 Å². The summed E-state index contributed by atoms with van der Waals surface area (Å²) in [6, 6.07) is 51.9. The molecular weight excluding hydrogens is 619 g/mol. The summed E-state index contributed by atoms with van der Waals surface area (Å²) < 4.78 is 11.1. The van der Waals surface area contributed by atoms with E-state index in [-0.39, 0.29) is 0 Å². The zero-order chi connectivity index (χ0) is 32.1. The lowest BCUT2D eigenvalue weighted by molar-refractivity contribution is 0.654. The number of benzene rings is 7. The molecule has 5 heteroatoms. The second-order valence-corrected chi connectivity index (χ2v) is 13.7. The predicted molar refractivity (Wildman–Crippen MR) is 205 cm³/mol. The minimum atomic E-state index is 0.559. The molecular formula is C44H25N3OS. The highest BCUT2D eigenvalue weighted by atomic mass is 32.1. The van der Waals surface area contributed by atoms with Crippen molar-refractivity contribution in [2.45, 2.75) is 0 Å². The Labute approximate surface area is 284 Å². The normalized spacial score (nSPS) is 12.1. The van der Waals surface area contributed by atoms with Gasteiger partial charge in [0.25, 0.3) is 0 Å². The summed E-state index contributed by atoms with van der Waals surface area (Å²) >= 11 is 1.81. The number of rotatable bonds is 3. The van der Waals surface area contributed by atoms with Crippen molar-refractivity contribution in [3.8, 4) is 28.1 Å². The molecule has 0 fully saturated rings. The molecule has 0 amide bonds. The Morgan fingerprint density at radius 1 is 0.551 bits per heavy atom. The van der Waals surface area contributed by atoms with Gasteiger partial charge in [-0.2, -0.15) is 0 Å². The summed E-state index contributed by atoms with van der Waals surface area (Å²) in [6.07, 6.45) is 1.90. The van der Waals surface area contributed by atoms with Crippen LogP contribution in [-0.2, 0) is 0 Å². The molecule has 0 N–H and O–H groups in total. The summed E-state index contributed by atoms with van der Waals surface area (Å²) in [5, 5.41) is 8.21. The lowest BCUT2D eigenvalue weighted by Gasteiger charge is -2.08. The standard InChI is InChI=1S/C44H25N3OS/c1-2-10-29(11-3-1)47-36-15-7-6-13-31(36)33-23-27(17-20-37(33)47)28-19-22-39-34(24-28)41-32(14-8-16-40(41)49-39)35-25-45-43-42-30-12-5-4-9-26(30)18-21-38(42)48-44(43)46-35/h1-25H. The predicted octanol–water partition coefficient (Wildman–Crippen LogP) is 12.3. The Bertz CT molecular complexity index is 3110. The smallest absolute Gasteiger partial charge is 0.246 e. The molecule has 11 aromatic rings. The minimum Gasteiger partial charge on any atom is -0.436 e. The highest BCUT2D eigenvalue weighted by molar-refractivity contribution is 7.26. The molecule has 49 heavy (non-hydrogen) atoms. The second kappa shape index (κ2) is 10.1. The third kappa shape index (κ3) is 3.91. The maximum atomic E-state index is 6.30. The van der Waals surface area contributed by atoms with Crippen molar-refractivity contribution < 1.29 is 4.42 Å². The first-order valence-electron chi connectivity index (χ1n) is 16.4. The molecule has 0 saturated heterocycles. The van der Waals surface area contributed by atoms with Crippen LogP contribution in [0, 0.1) is 0 Å². The molecule has 0 saturated carbocycles. The molecule has 228 valence electrons.